The molecule has 0 amide bonds. The molecule has 2 fully saturated rings. The molecule has 1 aromatic carbocycles. The first-order chi connectivity index (χ1) is 16.1. The van der Waals surface area contributed by atoms with Crippen LogP contribution in [0.25, 0.3) is 11.0 Å². The maximum Gasteiger partial charge on any atom is 0.171 e. The van der Waals surface area contributed by atoms with Crippen molar-refractivity contribution in [1.29, 1.82) is 0 Å². The van der Waals surface area contributed by atoms with Gasteiger partial charge in [-0.2, -0.15) is 0 Å². The molecule has 1 N–H and O–H groups in total. The minimum Gasteiger partial charge on any atom is -0.497 e. The van der Waals surface area contributed by atoms with Crippen LogP contribution in [-0.2, 0) is 14.3 Å². The number of carbonyl (C=O) groups is 1. The summed E-state index contributed by atoms with van der Waals surface area (Å²) >= 11 is 0. The SMILES string of the molecule is O=C1C(CO)=COC2CC(OCCCN3CCC(c4noc5cc(F)ccc45)CC3)CCC12. The van der Waals surface area contributed by atoms with Gasteiger partial charge in [0.2, 0.25) is 0 Å². The Balaban J connectivity index is 1.02. The highest BCUT2D eigenvalue weighted by Gasteiger charge is 2.40. The third-order valence-electron chi connectivity index (χ3n) is 7.36. The number of carbonyl (C=O) groups excluding carboxylic acids is 1. The summed E-state index contributed by atoms with van der Waals surface area (Å²) in [6.45, 7) is 3.45. The Morgan fingerprint density at radius 2 is 2.06 bits per heavy atom. The summed E-state index contributed by atoms with van der Waals surface area (Å²) in [6.07, 6.45) is 6.76. The number of halogens is 1. The van der Waals surface area contributed by atoms with Gasteiger partial charge in [0, 0.05) is 36.9 Å². The monoisotopic (exact) mass is 458 g/mol. The van der Waals surface area contributed by atoms with Gasteiger partial charge in [-0.3, -0.25) is 4.79 Å². The number of ketones is 1. The topological polar surface area (TPSA) is 85.0 Å². The van der Waals surface area contributed by atoms with Crippen molar-refractivity contribution in [1.82, 2.24) is 10.1 Å². The van der Waals surface area contributed by atoms with Gasteiger partial charge in [-0.05, 0) is 57.3 Å². The Morgan fingerprint density at radius 1 is 1.21 bits per heavy atom. The number of nitrogens with zero attached hydrogens (tertiary/aromatic N) is 2. The van der Waals surface area contributed by atoms with Crippen LogP contribution >= 0.6 is 0 Å². The van der Waals surface area contributed by atoms with Crippen LogP contribution in [0, 0.1) is 11.7 Å². The third-order valence-corrected chi connectivity index (χ3v) is 7.36. The molecule has 0 spiro atoms. The molecule has 5 rings (SSSR count). The van der Waals surface area contributed by atoms with E-state index in [4.69, 9.17) is 14.0 Å². The van der Waals surface area contributed by atoms with Gasteiger partial charge >= 0.3 is 0 Å². The number of aromatic nitrogens is 1. The van der Waals surface area contributed by atoms with Gasteiger partial charge in [0.15, 0.2) is 11.4 Å². The Morgan fingerprint density at radius 3 is 2.88 bits per heavy atom. The highest BCUT2D eigenvalue weighted by atomic mass is 19.1. The summed E-state index contributed by atoms with van der Waals surface area (Å²) in [4.78, 5) is 14.8. The fraction of sp³-hybridized carbons (Fsp3) is 0.600. The van der Waals surface area contributed by atoms with Gasteiger partial charge in [-0.1, -0.05) is 5.16 Å². The van der Waals surface area contributed by atoms with Crippen LogP contribution < -0.4 is 0 Å². The largest absolute Gasteiger partial charge is 0.497 e. The lowest BCUT2D eigenvalue weighted by molar-refractivity contribution is -0.131. The minimum atomic E-state index is -0.303. The molecule has 3 heterocycles. The predicted molar refractivity (Wildman–Crippen MR) is 119 cm³/mol. The molecule has 33 heavy (non-hydrogen) atoms. The molecule has 1 saturated carbocycles. The van der Waals surface area contributed by atoms with Crippen molar-refractivity contribution in [3.63, 3.8) is 0 Å². The molecular formula is C25H31FN2O5. The summed E-state index contributed by atoms with van der Waals surface area (Å²) in [7, 11) is 0. The van der Waals surface area contributed by atoms with Crippen molar-refractivity contribution in [3.05, 3.63) is 41.5 Å². The van der Waals surface area contributed by atoms with Crippen LogP contribution in [0.5, 0.6) is 0 Å². The van der Waals surface area contributed by atoms with E-state index in [1.165, 1.54) is 18.4 Å². The van der Waals surface area contributed by atoms with Gasteiger partial charge in [-0.25, -0.2) is 4.39 Å². The molecule has 1 aliphatic carbocycles. The normalized spacial score (nSPS) is 26.8. The molecule has 3 unspecified atom stereocenters. The number of hydrogen-bond acceptors (Lipinski definition) is 7. The smallest absolute Gasteiger partial charge is 0.171 e. The summed E-state index contributed by atoms with van der Waals surface area (Å²) in [5, 5.41) is 14.4. The molecule has 178 valence electrons. The van der Waals surface area contributed by atoms with Crippen molar-refractivity contribution < 1.29 is 28.3 Å². The van der Waals surface area contributed by atoms with Crippen LogP contribution in [0.4, 0.5) is 4.39 Å². The molecule has 3 aliphatic rings. The van der Waals surface area contributed by atoms with Gasteiger partial charge in [-0.15, -0.1) is 0 Å². The van der Waals surface area contributed by atoms with Crippen LogP contribution in [0.1, 0.15) is 50.1 Å². The Bertz CT molecular complexity index is 1010. The maximum absolute atomic E-state index is 13.4. The first kappa shape index (κ1) is 22.5. The Hall–Kier alpha value is -2.29. The predicted octanol–water partition coefficient (Wildman–Crippen LogP) is 3.57. The molecular weight excluding hydrogens is 427 g/mol. The molecule has 2 aliphatic heterocycles. The molecule has 7 nitrogen and oxygen atoms in total. The second-order valence-corrected chi connectivity index (χ2v) is 9.43. The number of hydrogen-bond donors (Lipinski definition) is 1. The fourth-order valence-corrected chi connectivity index (χ4v) is 5.47. The minimum absolute atomic E-state index is 0.0291. The van der Waals surface area contributed by atoms with Gasteiger partial charge in [0.25, 0.3) is 0 Å². The summed E-state index contributed by atoms with van der Waals surface area (Å²) in [6, 6.07) is 4.63. The van der Waals surface area contributed by atoms with E-state index in [0.29, 0.717) is 23.7 Å². The first-order valence-corrected chi connectivity index (χ1v) is 12.0. The maximum atomic E-state index is 13.4. The zero-order valence-corrected chi connectivity index (χ0v) is 18.7. The van der Waals surface area contributed by atoms with E-state index in [1.807, 2.05) is 0 Å². The molecule has 1 saturated heterocycles. The number of Topliss-reactive ketones (excluding diaryl/α,β-unsaturated/α-hetero) is 1. The van der Waals surface area contributed by atoms with E-state index < -0.39 is 0 Å². The van der Waals surface area contributed by atoms with E-state index in [0.717, 1.165) is 69.2 Å². The second-order valence-electron chi connectivity index (χ2n) is 9.43. The molecule has 8 heteroatoms. The lowest BCUT2D eigenvalue weighted by atomic mass is 9.79. The number of benzene rings is 1. The van der Waals surface area contributed by atoms with E-state index in [2.05, 4.69) is 10.1 Å². The van der Waals surface area contributed by atoms with Crippen molar-refractivity contribution in [3.8, 4) is 0 Å². The van der Waals surface area contributed by atoms with E-state index in [-0.39, 0.29) is 36.3 Å². The van der Waals surface area contributed by atoms with Crippen LogP contribution in [0.3, 0.4) is 0 Å². The number of aliphatic hydroxyl groups is 1. The summed E-state index contributed by atoms with van der Waals surface area (Å²) in [5.41, 5.74) is 1.85. The van der Waals surface area contributed by atoms with Crippen molar-refractivity contribution >= 4 is 16.8 Å². The third kappa shape index (κ3) is 4.83. The van der Waals surface area contributed by atoms with Gasteiger partial charge in [0.1, 0.15) is 11.9 Å². The van der Waals surface area contributed by atoms with Crippen molar-refractivity contribution in [2.75, 3.05) is 32.8 Å². The first-order valence-electron chi connectivity index (χ1n) is 12.0. The summed E-state index contributed by atoms with van der Waals surface area (Å²) < 4.78 is 30.5. The molecule has 0 radical (unpaired) electrons. The zero-order valence-electron chi connectivity index (χ0n) is 18.7. The zero-order chi connectivity index (χ0) is 22.8. The van der Waals surface area contributed by atoms with E-state index in [1.54, 1.807) is 6.07 Å². The molecule has 1 aromatic heterocycles. The summed E-state index contributed by atoms with van der Waals surface area (Å²) in [5.74, 6) is -0.0683. The highest BCUT2D eigenvalue weighted by molar-refractivity contribution is 5.98. The number of piperidine rings is 1. The lowest BCUT2D eigenvalue weighted by Crippen LogP contribution is -2.42. The van der Waals surface area contributed by atoms with Crippen LogP contribution in [0.2, 0.25) is 0 Å². The molecule has 3 atom stereocenters. The molecule has 2 aromatic rings. The van der Waals surface area contributed by atoms with Crippen molar-refractivity contribution in [2.24, 2.45) is 5.92 Å². The highest BCUT2D eigenvalue weighted by Crippen LogP contribution is 2.35. The second kappa shape index (κ2) is 9.91. The number of rotatable bonds is 7. The number of fused-ring (bicyclic) bond motifs is 2. The quantitative estimate of drug-likeness (QED) is 0.635. The van der Waals surface area contributed by atoms with Crippen LogP contribution in [-0.4, -0.2) is 66.0 Å². The average Bonchev–Trinajstić information content (AvgIpc) is 3.25. The number of aliphatic hydroxyl groups excluding tert-OH is 1. The lowest BCUT2D eigenvalue weighted by Gasteiger charge is -2.37. The Kier molecular flexibility index (Phi) is 6.76. The average molecular weight is 459 g/mol. The Labute approximate surface area is 192 Å². The van der Waals surface area contributed by atoms with E-state index >= 15 is 0 Å². The fourth-order valence-electron chi connectivity index (χ4n) is 5.47. The van der Waals surface area contributed by atoms with Crippen LogP contribution in [0.15, 0.2) is 34.6 Å². The van der Waals surface area contributed by atoms with Gasteiger partial charge in [0.05, 0.1) is 36.2 Å². The standard InChI is InChI=1S/C25H31FN2O5/c26-18-2-4-20-23(12-18)33-27-24(20)16-6-9-28(10-7-16)8-1-11-31-19-3-5-21-22(13-19)32-15-17(14-29)25(21)30/h2,4,12,15-16,19,21-22,29H,1,3,5-11,13-14H2. The number of likely N-dealkylation sites (tertiary alicyclic amines) is 1. The van der Waals surface area contributed by atoms with E-state index in [9.17, 15) is 14.3 Å². The van der Waals surface area contributed by atoms with Gasteiger partial charge < -0.3 is 24.0 Å². The number of ether oxygens (including phenoxy) is 2. The molecule has 0 bridgehead atoms. The van der Waals surface area contributed by atoms with Crippen molar-refractivity contribution in [2.45, 2.75) is 56.7 Å².